The Morgan fingerprint density at radius 3 is 2.14 bits per heavy atom. The zero-order chi connectivity index (χ0) is 16.1. The second-order valence-electron chi connectivity index (χ2n) is 4.61. The summed E-state index contributed by atoms with van der Waals surface area (Å²) in [6.45, 7) is 1.88. The van der Waals surface area contributed by atoms with E-state index in [0.29, 0.717) is 16.9 Å². The van der Waals surface area contributed by atoms with Crippen molar-refractivity contribution >= 4 is 39.3 Å². The van der Waals surface area contributed by atoms with Crippen LogP contribution in [0.3, 0.4) is 0 Å². The van der Waals surface area contributed by atoms with Gasteiger partial charge in [-0.1, -0.05) is 15.9 Å². The number of amides is 2. The van der Waals surface area contributed by atoms with E-state index < -0.39 is 6.09 Å². The average Bonchev–Trinajstić information content (AvgIpc) is 2.49. The summed E-state index contributed by atoms with van der Waals surface area (Å²) in [7, 11) is 1.30. The van der Waals surface area contributed by atoms with E-state index in [9.17, 15) is 9.59 Å². The first kappa shape index (κ1) is 16.0. The third kappa shape index (κ3) is 4.08. The zero-order valence-electron chi connectivity index (χ0n) is 12.1. The van der Waals surface area contributed by atoms with Gasteiger partial charge in [-0.3, -0.25) is 10.1 Å². The maximum Gasteiger partial charge on any atom is 0.411 e. The third-order valence-electron chi connectivity index (χ3n) is 3.01. The maximum absolute atomic E-state index is 12.2. The fourth-order valence-electron chi connectivity index (χ4n) is 1.89. The molecule has 114 valence electrons. The predicted molar refractivity (Wildman–Crippen MR) is 89.3 cm³/mol. The molecule has 0 atom stereocenters. The van der Waals surface area contributed by atoms with Gasteiger partial charge in [-0.2, -0.15) is 0 Å². The fourth-order valence-corrected chi connectivity index (χ4v) is 2.36. The van der Waals surface area contributed by atoms with E-state index in [1.807, 2.05) is 19.1 Å². The Bertz CT molecular complexity index is 699. The van der Waals surface area contributed by atoms with Gasteiger partial charge in [-0.15, -0.1) is 0 Å². The number of rotatable bonds is 3. The highest BCUT2D eigenvalue weighted by molar-refractivity contribution is 9.10. The Hall–Kier alpha value is -2.34. The molecule has 0 aromatic heterocycles. The van der Waals surface area contributed by atoms with Crippen LogP contribution in [0.1, 0.15) is 15.9 Å². The van der Waals surface area contributed by atoms with Crippen molar-refractivity contribution in [2.45, 2.75) is 6.92 Å². The predicted octanol–water partition coefficient (Wildman–Crippen LogP) is 4.19. The minimum absolute atomic E-state index is 0.182. The molecule has 0 radical (unpaired) electrons. The van der Waals surface area contributed by atoms with Crippen LogP contribution in [0.2, 0.25) is 0 Å². The first-order valence-corrected chi connectivity index (χ1v) is 7.31. The second-order valence-corrected chi connectivity index (χ2v) is 5.52. The topological polar surface area (TPSA) is 67.4 Å². The molecule has 6 heteroatoms. The number of carbonyl (C=O) groups excluding carboxylic acids is 2. The van der Waals surface area contributed by atoms with Crippen LogP contribution < -0.4 is 10.6 Å². The Morgan fingerprint density at radius 1 is 1.00 bits per heavy atom. The van der Waals surface area contributed by atoms with Gasteiger partial charge in [0.25, 0.3) is 5.91 Å². The van der Waals surface area contributed by atoms with Crippen LogP contribution in [0.4, 0.5) is 16.2 Å². The minimum Gasteiger partial charge on any atom is -0.453 e. The molecule has 0 saturated heterocycles. The summed E-state index contributed by atoms with van der Waals surface area (Å²) in [4.78, 5) is 23.3. The highest BCUT2D eigenvalue weighted by Gasteiger charge is 2.09. The molecular formula is C16H15BrN2O3. The number of methoxy groups -OCH3 is 1. The van der Waals surface area contributed by atoms with Gasteiger partial charge in [-0.25, -0.2) is 4.79 Å². The van der Waals surface area contributed by atoms with Crippen LogP contribution in [0, 0.1) is 6.92 Å². The van der Waals surface area contributed by atoms with Crippen LogP contribution in [0.5, 0.6) is 0 Å². The molecule has 0 saturated carbocycles. The molecule has 0 aliphatic rings. The van der Waals surface area contributed by atoms with Crippen molar-refractivity contribution in [2.24, 2.45) is 0 Å². The fraction of sp³-hybridized carbons (Fsp3) is 0.125. The first-order valence-electron chi connectivity index (χ1n) is 6.52. The zero-order valence-corrected chi connectivity index (χ0v) is 13.7. The molecule has 2 aromatic rings. The number of hydrogen-bond acceptors (Lipinski definition) is 3. The summed E-state index contributed by atoms with van der Waals surface area (Å²) >= 11 is 3.37. The molecule has 5 nitrogen and oxygen atoms in total. The van der Waals surface area contributed by atoms with Crippen molar-refractivity contribution in [3.8, 4) is 0 Å². The number of hydrogen-bond donors (Lipinski definition) is 2. The number of ether oxygens (including phenoxy) is 1. The quantitative estimate of drug-likeness (QED) is 0.859. The summed E-state index contributed by atoms with van der Waals surface area (Å²) in [5.74, 6) is -0.182. The molecule has 0 aliphatic carbocycles. The average molecular weight is 363 g/mol. The van der Waals surface area contributed by atoms with Crippen molar-refractivity contribution in [1.82, 2.24) is 0 Å². The van der Waals surface area contributed by atoms with Crippen molar-refractivity contribution in [3.05, 3.63) is 58.1 Å². The molecule has 2 rings (SSSR count). The Morgan fingerprint density at radius 2 is 1.59 bits per heavy atom. The monoisotopic (exact) mass is 362 g/mol. The van der Waals surface area contributed by atoms with Crippen molar-refractivity contribution in [3.63, 3.8) is 0 Å². The summed E-state index contributed by atoms with van der Waals surface area (Å²) in [5, 5.41) is 5.35. The highest BCUT2D eigenvalue weighted by Crippen LogP contribution is 2.18. The van der Waals surface area contributed by atoms with Crippen LogP contribution in [0.25, 0.3) is 0 Å². The number of anilines is 2. The molecule has 0 fully saturated rings. The van der Waals surface area contributed by atoms with Gasteiger partial charge in [0.2, 0.25) is 0 Å². The van der Waals surface area contributed by atoms with Crippen LogP contribution in [0.15, 0.2) is 46.9 Å². The lowest BCUT2D eigenvalue weighted by Gasteiger charge is -2.09. The van der Waals surface area contributed by atoms with Gasteiger partial charge < -0.3 is 10.1 Å². The molecule has 22 heavy (non-hydrogen) atoms. The van der Waals surface area contributed by atoms with E-state index in [-0.39, 0.29) is 5.91 Å². The summed E-state index contributed by atoms with van der Waals surface area (Å²) in [6.07, 6.45) is -0.540. The summed E-state index contributed by atoms with van der Waals surface area (Å²) < 4.78 is 5.44. The SMILES string of the molecule is COC(=O)Nc1ccc(NC(=O)c2ccc(Br)cc2C)cc1. The number of benzene rings is 2. The van der Waals surface area contributed by atoms with Gasteiger partial charge in [0, 0.05) is 21.4 Å². The molecule has 2 N–H and O–H groups in total. The van der Waals surface area contributed by atoms with E-state index in [1.165, 1.54) is 7.11 Å². The second kappa shape index (κ2) is 7.09. The first-order chi connectivity index (χ1) is 10.5. The van der Waals surface area contributed by atoms with Gasteiger partial charge in [-0.05, 0) is 55.0 Å². The highest BCUT2D eigenvalue weighted by atomic mass is 79.9. The molecular weight excluding hydrogens is 348 g/mol. The smallest absolute Gasteiger partial charge is 0.411 e. The number of halogens is 1. The lowest BCUT2D eigenvalue weighted by molar-refractivity contribution is 0.102. The largest absolute Gasteiger partial charge is 0.453 e. The van der Waals surface area contributed by atoms with Crippen molar-refractivity contribution in [1.29, 1.82) is 0 Å². The summed E-state index contributed by atoms with van der Waals surface area (Å²) in [6, 6.07) is 12.3. The molecule has 0 unspecified atom stereocenters. The number of aryl methyl sites for hydroxylation is 1. The Labute approximate surface area is 136 Å². The maximum atomic E-state index is 12.2. The summed E-state index contributed by atoms with van der Waals surface area (Å²) in [5.41, 5.74) is 2.73. The van der Waals surface area contributed by atoms with Crippen molar-refractivity contribution < 1.29 is 14.3 Å². The lowest BCUT2D eigenvalue weighted by Crippen LogP contribution is -2.14. The van der Waals surface area contributed by atoms with Crippen LogP contribution in [-0.4, -0.2) is 19.1 Å². The van der Waals surface area contributed by atoms with E-state index in [0.717, 1.165) is 10.0 Å². The van der Waals surface area contributed by atoms with E-state index in [4.69, 9.17) is 0 Å². The van der Waals surface area contributed by atoms with Crippen LogP contribution in [-0.2, 0) is 4.74 Å². The van der Waals surface area contributed by atoms with Crippen molar-refractivity contribution in [2.75, 3.05) is 17.7 Å². The molecule has 0 aliphatic heterocycles. The number of carbonyl (C=O) groups is 2. The van der Waals surface area contributed by atoms with E-state index >= 15 is 0 Å². The Kier molecular flexibility index (Phi) is 5.16. The third-order valence-corrected chi connectivity index (χ3v) is 3.50. The van der Waals surface area contributed by atoms with E-state index in [1.54, 1.807) is 30.3 Å². The molecule has 2 amide bonds. The van der Waals surface area contributed by atoms with Crippen LogP contribution >= 0.6 is 15.9 Å². The lowest BCUT2D eigenvalue weighted by atomic mass is 10.1. The molecule has 0 bridgehead atoms. The Balaban J connectivity index is 2.07. The molecule has 0 heterocycles. The van der Waals surface area contributed by atoms with E-state index in [2.05, 4.69) is 31.3 Å². The van der Waals surface area contributed by atoms with Gasteiger partial charge in [0.15, 0.2) is 0 Å². The normalized spacial score (nSPS) is 9.95. The standard InChI is InChI=1S/C16H15BrN2O3/c1-10-9-11(17)3-8-14(10)15(20)18-12-4-6-13(7-5-12)19-16(21)22-2/h3-9H,1-2H3,(H,18,20)(H,19,21). The van der Waals surface area contributed by atoms with Gasteiger partial charge in [0.05, 0.1) is 7.11 Å². The molecule has 0 spiro atoms. The van der Waals surface area contributed by atoms with Gasteiger partial charge >= 0.3 is 6.09 Å². The van der Waals surface area contributed by atoms with Gasteiger partial charge in [0.1, 0.15) is 0 Å². The minimum atomic E-state index is -0.540. The number of nitrogens with one attached hydrogen (secondary N) is 2. The molecule has 2 aromatic carbocycles.